The number of non-ortho nitro benzene ring substituents is 1. The Morgan fingerprint density at radius 3 is 2.83 bits per heavy atom. The van der Waals surface area contributed by atoms with Crippen molar-refractivity contribution >= 4 is 34.7 Å². The number of nitro groups is 1. The number of nitrogens with one attached hydrogen (secondary N) is 1. The number of carbonyl (C=O) groups excluding carboxylic acids is 2. The van der Waals surface area contributed by atoms with Gasteiger partial charge in [-0.25, -0.2) is 0 Å². The van der Waals surface area contributed by atoms with Crippen molar-refractivity contribution in [3.05, 3.63) is 98.8 Å². The second kappa shape index (κ2) is 7.96. The summed E-state index contributed by atoms with van der Waals surface area (Å²) in [5.41, 5.74) is 1.07. The molecule has 8 nitrogen and oxygen atoms in total. The summed E-state index contributed by atoms with van der Waals surface area (Å²) >= 11 is 6.40. The number of aromatic nitrogens is 1. The molecule has 9 heteroatoms. The zero-order chi connectivity index (χ0) is 24.3. The predicted octanol–water partition coefficient (Wildman–Crippen LogP) is 4.55. The number of Topliss-reactive ketones (excluding diaryl/α,β-unsaturated/α-hetero) is 1. The molecule has 3 aliphatic rings. The van der Waals surface area contributed by atoms with Gasteiger partial charge in [0.1, 0.15) is 5.54 Å². The third-order valence-electron chi connectivity index (χ3n) is 7.66. The molecular weight excluding hydrogens is 468 g/mol. The van der Waals surface area contributed by atoms with Crippen molar-refractivity contribution in [3.8, 4) is 0 Å². The number of nitro benzene ring substituents is 1. The maximum Gasteiger partial charge on any atom is 0.269 e. The quantitative estimate of drug-likeness (QED) is 0.328. The second-order valence-electron chi connectivity index (χ2n) is 9.27. The molecule has 2 saturated heterocycles. The van der Waals surface area contributed by atoms with Gasteiger partial charge < -0.3 is 5.32 Å². The lowest BCUT2D eigenvalue weighted by atomic mass is 9.69. The normalized spacial score (nSPS) is 27.0. The van der Waals surface area contributed by atoms with Gasteiger partial charge in [0, 0.05) is 58.3 Å². The van der Waals surface area contributed by atoms with Gasteiger partial charge in [-0.1, -0.05) is 23.7 Å². The van der Waals surface area contributed by atoms with E-state index >= 15 is 0 Å². The molecule has 176 valence electrons. The molecule has 3 aliphatic heterocycles. The first-order valence-electron chi connectivity index (χ1n) is 11.5. The van der Waals surface area contributed by atoms with E-state index in [2.05, 4.69) is 15.2 Å². The van der Waals surface area contributed by atoms with E-state index in [0.717, 1.165) is 12.8 Å². The predicted molar refractivity (Wildman–Crippen MR) is 129 cm³/mol. The Morgan fingerprint density at radius 2 is 2.06 bits per heavy atom. The zero-order valence-corrected chi connectivity index (χ0v) is 19.3. The number of hydrogen-bond acceptors (Lipinski definition) is 6. The number of amides is 1. The molecule has 6 rings (SSSR count). The van der Waals surface area contributed by atoms with E-state index in [1.54, 1.807) is 42.6 Å². The summed E-state index contributed by atoms with van der Waals surface area (Å²) in [6.07, 6.45) is 4.73. The molecule has 35 heavy (non-hydrogen) atoms. The van der Waals surface area contributed by atoms with Gasteiger partial charge in [0.2, 0.25) is 5.91 Å². The maximum atomic E-state index is 14.3. The number of benzene rings is 2. The smallest absolute Gasteiger partial charge is 0.269 e. The van der Waals surface area contributed by atoms with Crippen molar-refractivity contribution in [3.63, 3.8) is 0 Å². The van der Waals surface area contributed by atoms with Gasteiger partial charge >= 0.3 is 0 Å². The molecule has 1 N–H and O–H groups in total. The van der Waals surface area contributed by atoms with E-state index in [9.17, 15) is 19.7 Å². The minimum Gasteiger partial charge on any atom is -0.324 e. The summed E-state index contributed by atoms with van der Waals surface area (Å²) < 4.78 is 0. The van der Waals surface area contributed by atoms with Gasteiger partial charge in [0.05, 0.1) is 10.8 Å². The molecule has 1 aromatic heterocycles. The molecule has 0 saturated carbocycles. The summed E-state index contributed by atoms with van der Waals surface area (Å²) in [6.45, 7) is 0.631. The minimum atomic E-state index is -1.27. The molecule has 2 fully saturated rings. The number of rotatable bonds is 4. The van der Waals surface area contributed by atoms with E-state index < -0.39 is 22.3 Å². The monoisotopic (exact) mass is 488 g/mol. The van der Waals surface area contributed by atoms with Gasteiger partial charge in [0.15, 0.2) is 5.78 Å². The van der Waals surface area contributed by atoms with E-state index in [-0.39, 0.29) is 23.4 Å². The van der Waals surface area contributed by atoms with E-state index in [1.165, 1.54) is 18.3 Å². The van der Waals surface area contributed by atoms with Gasteiger partial charge in [-0.2, -0.15) is 0 Å². The number of fused-ring (bicyclic) bond motifs is 4. The highest BCUT2D eigenvalue weighted by molar-refractivity contribution is 6.31. The number of nitrogens with zero attached hydrogens (tertiary/aromatic N) is 3. The van der Waals surface area contributed by atoms with Crippen LogP contribution in [0.4, 0.5) is 11.4 Å². The highest BCUT2D eigenvalue weighted by Crippen LogP contribution is 2.61. The lowest BCUT2D eigenvalue weighted by molar-refractivity contribution is -0.384. The number of hydrogen-bond donors (Lipinski definition) is 1. The van der Waals surface area contributed by atoms with Crippen LogP contribution in [0.3, 0.4) is 0 Å². The number of anilines is 1. The van der Waals surface area contributed by atoms with Crippen LogP contribution in [0.15, 0.2) is 67.0 Å². The third-order valence-corrected chi connectivity index (χ3v) is 7.89. The number of ketones is 1. The average molecular weight is 489 g/mol. The van der Waals surface area contributed by atoms with E-state index in [0.29, 0.717) is 33.9 Å². The van der Waals surface area contributed by atoms with Crippen LogP contribution >= 0.6 is 11.6 Å². The Balaban J connectivity index is 1.63. The van der Waals surface area contributed by atoms with Crippen LogP contribution in [-0.2, 0) is 10.3 Å². The van der Waals surface area contributed by atoms with E-state index in [1.807, 2.05) is 6.07 Å². The lowest BCUT2D eigenvalue weighted by Gasteiger charge is -2.36. The van der Waals surface area contributed by atoms with Gasteiger partial charge in [-0.05, 0) is 55.3 Å². The topological polar surface area (TPSA) is 105 Å². The first kappa shape index (κ1) is 21.9. The molecule has 1 amide bonds. The largest absolute Gasteiger partial charge is 0.324 e. The summed E-state index contributed by atoms with van der Waals surface area (Å²) in [4.78, 5) is 45.6. The summed E-state index contributed by atoms with van der Waals surface area (Å²) in [5, 5.41) is 15.0. The highest BCUT2D eigenvalue weighted by atomic mass is 35.5. The van der Waals surface area contributed by atoms with Gasteiger partial charge in [0.25, 0.3) is 5.69 Å². The summed E-state index contributed by atoms with van der Waals surface area (Å²) in [6, 6.07) is 14.9. The molecule has 0 radical (unpaired) electrons. The van der Waals surface area contributed by atoms with Gasteiger partial charge in [-0.3, -0.25) is 29.6 Å². The molecule has 4 heterocycles. The maximum absolute atomic E-state index is 14.3. The number of halogens is 1. The molecule has 3 unspecified atom stereocenters. The number of pyridine rings is 1. The zero-order valence-electron chi connectivity index (χ0n) is 18.6. The average Bonchev–Trinajstić information content (AvgIpc) is 3.52. The molecule has 2 aromatic carbocycles. The fourth-order valence-electron chi connectivity index (χ4n) is 6.44. The van der Waals surface area contributed by atoms with Crippen LogP contribution < -0.4 is 5.32 Å². The Kier molecular flexibility index (Phi) is 4.98. The number of carbonyl (C=O) groups is 2. The van der Waals surface area contributed by atoms with Crippen LogP contribution in [0.1, 0.15) is 40.2 Å². The first-order chi connectivity index (χ1) is 16.9. The molecule has 4 atom stereocenters. The Hall–Kier alpha value is -3.62. The first-order valence-corrected chi connectivity index (χ1v) is 11.9. The molecule has 0 aliphatic carbocycles. The van der Waals surface area contributed by atoms with Crippen LogP contribution in [0.2, 0.25) is 5.02 Å². The molecular formula is C26H21ClN4O4. The Labute approximate surface area is 206 Å². The van der Waals surface area contributed by atoms with Crippen molar-refractivity contribution in [1.82, 2.24) is 9.88 Å². The minimum absolute atomic E-state index is 0.0418. The Morgan fingerprint density at radius 1 is 1.20 bits per heavy atom. The molecule has 1 spiro atoms. The van der Waals surface area contributed by atoms with Crippen LogP contribution in [0, 0.1) is 16.0 Å². The van der Waals surface area contributed by atoms with Crippen molar-refractivity contribution < 1.29 is 14.5 Å². The SMILES string of the molecule is O=C(c1cccnc1)C1C(c2cccc([N+](=O)[O-])c2)C2CCCN2[C@@]12C(=O)Nc1ccc(Cl)cc12. The van der Waals surface area contributed by atoms with Crippen LogP contribution in [0.25, 0.3) is 0 Å². The fraction of sp³-hybridized carbons (Fsp3) is 0.269. The van der Waals surface area contributed by atoms with E-state index in [4.69, 9.17) is 11.6 Å². The highest BCUT2D eigenvalue weighted by Gasteiger charge is 2.69. The standard InChI is InChI=1S/C26H21ClN4O4/c27-17-8-9-20-19(13-17)26(25(33)29-20)23(24(32)16-5-2-10-28-14-16)22(21-7-3-11-30(21)26)15-4-1-6-18(12-15)31(34)35/h1-2,4-6,8-10,12-14,21-23H,3,7,11H2,(H,29,33)/t21?,22?,23?,26-/m1/s1. The summed E-state index contributed by atoms with van der Waals surface area (Å²) in [7, 11) is 0. The van der Waals surface area contributed by atoms with Crippen molar-refractivity contribution in [1.29, 1.82) is 0 Å². The molecule has 0 bridgehead atoms. The Bertz CT molecular complexity index is 1380. The van der Waals surface area contributed by atoms with Crippen molar-refractivity contribution in [2.24, 2.45) is 5.92 Å². The van der Waals surface area contributed by atoms with Gasteiger partial charge in [-0.15, -0.1) is 0 Å². The van der Waals surface area contributed by atoms with Crippen molar-refractivity contribution in [2.45, 2.75) is 30.3 Å². The second-order valence-corrected chi connectivity index (χ2v) is 9.71. The summed E-state index contributed by atoms with van der Waals surface area (Å²) in [5.74, 6) is -1.73. The van der Waals surface area contributed by atoms with Crippen molar-refractivity contribution in [2.75, 3.05) is 11.9 Å². The van der Waals surface area contributed by atoms with Crippen LogP contribution in [0.5, 0.6) is 0 Å². The lowest BCUT2D eigenvalue weighted by Crippen LogP contribution is -2.52. The van der Waals surface area contributed by atoms with Crippen LogP contribution in [-0.4, -0.2) is 39.1 Å². The molecule has 3 aromatic rings. The fourth-order valence-corrected chi connectivity index (χ4v) is 6.61. The third kappa shape index (κ3) is 3.06.